The van der Waals surface area contributed by atoms with Gasteiger partial charge in [-0.3, -0.25) is 4.79 Å². The van der Waals surface area contributed by atoms with Gasteiger partial charge in [-0.2, -0.15) is 10.2 Å². The summed E-state index contributed by atoms with van der Waals surface area (Å²) in [6.07, 6.45) is 1.61. The van der Waals surface area contributed by atoms with Crippen molar-refractivity contribution in [1.29, 1.82) is 5.26 Å². The number of nitrogens with zero attached hydrogens (tertiary/aromatic N) is 3. The van der Waals surface area contributed by atoms with Crippen molar-refractivity contribution in [3.8, 4) is 6.07 Å². The quantitative estimate of drug-likeness (QED) is 0.921. The van der Waals surface area contributed by atoms with Crippen LogP contribution in [-0.2, 0) is 4.74 Å². The lowest BCUT2D eigenvalue weighted by Gasteiger charge is -2.28. The second-order valence-corrected chi connectivity index (χ2v) is 6.27. The first-order chi connectivity index (χ1) is 11.2. The third-order valence-electron chi connectivity index (χ3n) is 3.83. The van der Waals surface area contributed by atoms with Crippen LogP contribution in [0.5, 0.6) is 0 Å². The average molecular weight is 332 g/mol. The van der Waals surface area contributed by atoms with Gasteiger partial charge in [0.25, 0.3) is 5.91 Å². The zero-order valence-electron chi connectivity index (χ0n) is 12.6. The third-order valence-corrected chi connectivity index (χ3v) is 4.74. The first-order valence-electron chi connectivity index (χ1n) is 7.35. The van der Waals surface area contributed by atoms with Gasteiger partial charge in [0.1, 0.15) is 17.0 Å². The molecule has 1 fully saturated rings. The van der Waals surface area contributed by atoms with Gasteiger partial charge in [-0.05, 0) is 37.1 Å². The molecule has 0 bridgehead atoms. The summed E-state index contributed by atoms with van der Waals surface area (Å²) in [6, 6.07) is 3.30. The molecule has 0 aliphatic carbocycles. The second kappa shape index (κ2) is 6.89. The Morgan fingerprint density at radius 3 is 2.96 bits per heavy atom. The maximum absolute atomic E-state index is 12.5. The molecule has 2 aromatic rings. The monoisotopic (exact) mass is 332 g/mol. The lowest BCUT2D eigenvalue weighted by molar-refractivity contribution is 0.0468. The highest BCUT2D eigenvalue weighted by Gasteiger charge is 2.32. The number of nitriles is 1. The predicted octanol–water partition coefficient (Wildman–Crippen LogP) is 2.21. The number of amides is 1. The molecule has 3 heterocycles. The van der Waals surface area contributed by atoms with Crippen molar-refractivity contribution in [1.82, 2.24) is 15.5 Å². The highest BCUT2D eigenvalue weighted by molar-refractivity contribution is 7.12. The number of aromatic nitrogens is 2. The molecule has 120 valence electrons. The molecule has 7 nitrogen and oxygen atoms in total. The minimum Gasteiger partial charge on any atom is -0.381 e. The summed E-state index contributed by atoms with van der Waals surface area (Å²) in [4.78, 5) is 17.2. The van der Waals surface area contributed by atoms with Crippen molar-refractivity contribution in [2.24, 2.45) is 5.92 Å². The van der Waals surface area contributed by atoms with E-state index in [2.05, 4.69) is 15.5 Å². The molecule has 23 heavy (non-hydrogen) atoms. The number of rotatable bonds is 4. The molecule has 1 saturated heterocycles. The largest absolute Gasteiger partial charge is 0.381 e. The van der Waals surface area contributed by atoms with Crippen LogP contribution in [0.2, 0.25) is 0 Å². The van der Waals surface area contributed by atoms with Crippen LogP contribution in [-0.4, -0.2) is 29.3 Å². The second-order valence-electron chi connectivity index (χ2n) is 5.36. The zero-order valence-corrected chi connectivity index (χ0v) is 13.4. The molecule has 3 rings (SSSR count). The van der Waals surface area contributed by atoms with Crippen molar-refractivity contribution in [2.45, 2.75) is 25.8 Å². The first-order valence-corrected chi connectivity index (χ1v) is 8.23. The normalized spacial score (nSPS) is 16.7. The number of aryl methyl sites for hydroxylation is 1. The van der Waals surface area contributed by atoms with Gasteiger partial charge in [0.2, 0.25) is 5.89 Å². The van der Waals surface area contributed by atoms with Crippen molar-refractivity contribution < 1.29 is 14.1 Å². The molecule has 0 unspecified atom stereocenters. The summed E-state index contributed by atoms with van der Waals surface area (Å²) >= 11 is 1.25. The lowest BCUT2D eigenvalue weighted by atomic mass is 9.91. The van der Waals surface area contributed by atoms with E-state index >= 15 is 0 Å². The molecule has 1 amide bonds. The highest BCUT2D eigenvalue weighted by atomic mass is 32.1. The molecular formula is C15H16N4O3S. The Kier molecular flexibility index (Phi) is 4.69. The fourth-order valence-corrected chi connectivity index (χ4v) is 3.40. The van der Waals surface area contributed by atoms with Gasteiger partial charge in [-0.1, -0.05) is 5.16 Å². The topological polar surface area (TPSA) is 101 Å². The van der Waals surface area contributed by atoms with Crippen LogP contribution in [0.3, 0.4) is 0 Å². The van der Waals surface area contributed by atoms with E-state index in [9.17, 15) is 4.79 Å². The molecule has 0 aromatic carbocycles. The summed E-state index contributed by atoms with van der Waals surface area (Å²) in [5, 5.41) is 17.6. The number of hydrogen-bond acceptors (Lipinski definition) is 7. The Morgan fingerprint density at radius 2 is 2.30 bits per heavy atom. The van der Waals surface area contributed by atoms with Crippen LogP contribution in [0, 0.1) is 24.2 Å². The van der Waals surface area contributed by atoms with Crippen molar-refractivity contribution in [2.75, 3.05) is 13.2 Å². The van der Waals surface area contributed by atoms with E-state index in [4.69, 9.17) is 14.5 Å². The molecule has 8 heteroatoms. The number of ether oxygens (including phenoxy) is 1. The van der Waals surface area contributed by atoms with Gasteiger partial charge in [0.15, 0.2) is 5.82 Å². The number of hydrogen-bond donors (Lipinski definition) is 1. The Balaban J connectivity index is 1.83. The predicted molar refractivity (Wildman–Crippen MR) is 81.8 cm³/mol. The van der Waals surface area contributed by atoms with Crippen LogP contribution in [0.25, 0.3) is 0 Å². The highest BCUT2D eigenvalue weighted by Crippen LogP contribution is 2.30. The molecule has 1 aliphatic heterocycles. The number of carbonyl (C=O) groups is 1. The molecule has 0 spiro atoms. The van der Waals surface area contributed by atoms with Crippen LogP contribution >= 0.6 is 11.3 Å². The smallest absolute Gasteiger partial charge is 0.263 e. The number of thiophene rings is 1. The Hall–Kier alpha value is -2.24. The maximum atomic E-state index is 12.5. The summed E-state index contributed by atoms with van der Waals surface area (Å²) in [5.41, 5.74) is 0.375. The average Bonchev–Trinajstić information content (AvgIpc) is 3.21. The van der Waals surface area contributed by atoms with Gasteiger partial charge in [-0.25, -0.2) is 0 Å². The van der Waals surface area contributed by atoms with Crippen LogP contribution < -0.4 is 5.32 Å². The summed E-state index contributed by atoms with van der Waals surface area (Å²) in [6.45, 7) is 3.03. The van der Waals surface area contributed by atoms with Gasteiger partial charge < -0.3 is 14.6 Å². The van der Waals surface area contributed by atoms with Gasteiger partial charge >= 0.3 is 0 Å². The van der Waals surface area contributed by atoms with E-state index in [1.54, 1.807) is 18.4 Å². The number of nitrogens with one attached hydrogen (secondary N) is 1. The molecule has 0 radical (unpaired) electrons. The van der Waals surface area contributed by atoms with E-state index in [1.165, 1.54) is 11.3 Å². The Morgan fingerprint density at radius 1 is 1.52 bits per heavy atom. The van der Waals surface area contributed by atoms with Gasteiger partial charge in [0.05, 0.1) is 5.56 Å². The van der Waals surface area contributed by atoms with Crippen molar-refractivity contribution in [3.05, 3.63) is 33.6 Å². The van der Waals surface area contributed by atoms with Crippen LogP contribution in [0.4, 0.5) is 0 Å². The molecule has 1 aliphatic rings. The van der Waals surface area contributed by atoms with Gasteiger partial charge in [0, 0.05) is 13.2 Å². The fraction of sp³-hybridized carbons (Fsp3) is 0.467. The summed E-state index contributed by atoms with van der Waals surface area (Å²) in [7, 11) is 0. The van der Waals surface area contributed by atoms with E-state index in [0.717, 1.165) is 12.8 Å². The van der Waals surface area contributed by atoms with Crippen LogP contribution in [0.15, 0.2) is 16.0 Å². The molecule has 1 N–H and O–H groups in total. The SMILES string of the molecule is Cc1noc([C@H](NC(=O)c2sccc2C#N)C2CCOCC2)n1. The van der Waals surface area contributed by atoms with Crippen molar-refractivity contribution in [3.63, 3.8) is 0 Å². The summed E-state index contributed by atoms with van der Waals surface area (Å²) < 4.78 is 10.7. The lowest BCUT2D eigenvalue weighted by Crippen LogP contribution is -2.36. The molecule has 2 aromatic heterocycles. The minimum absolute atomic E-state index is 0.165. The standard InChI is InChI=1S/C15H16N4O3S/c1-9-17-15(22-19-9)12(10-2-5-21-6-3-10)18-14(20)13-11(8-16)4-7-23-13/h4,7,10,12H,2-3,5-6H2,1H3,(H,18,20)/t12-/m1/s1. The number of carbonyl (C=O) groups excluding carboxylic acids is 1. The molecular weight excluding hydrogens is 316 g/mol. The zero-order chi connectivity index (χ0) is 16.2. The maximum Gasteiger partial charge on any atom is 0.263 e. The minimum atomic E-state index is -0.374. The molecule has 0 saturated carbocycles. The van der Waals surface area contributed by atoms with Gasteiger partial charge in [-0.15, -0.1) is 11.3 Å². The molecule has 1 atom stereocenters. The summed E-state index contributed by atoms with van der Waals surface area (Å²) in [5.74, 6) is 0.805. The van der Waals surface area contributed by atoms with Crippen LogP contribution in [0.1, 0.15) is 45.8 Å². The van der Waals surface area contributed by atoms with E-state index in [0.29, 0.717) is 35.4 Å². The Labute approximate surface area is 137 Å². The first kappa shape index (κ1) is 15.6. The van der Waals surface area contributed by atoms with Crippen molar-refractivity contribution >= 4 is 17.2 Å². The van der Waals surface area contributed by atoms with E-state index < -0.39 is 0 Å². The third kappa shape index (κ3) is 3.41. The van der Waals surface area contributed by atoms with E-state index in [-0.39, 0.29) is 17.9 Å². The van der Waals surface area contributed by atoms with E-state index in [1.807, 2.05) is 6.07 Å². The fourth-order valence-electron chi connectivity index (χ4n) is 2.65. The Bertz CT molecular complexity index is 727.